The number of nitrogens with two attached hydrogens (primary N) is 1. The maximum Gasteiger partial charge on any atom is 0.117 e. The molecule has 0 bridgehead atoms. The molecule has 0 amide bonds. The summed E-state index contributed by atoms with van der Waals surface area (Å²) in [6.45, 7) is 2.84. The van der Waals surface area contributed by atoms with Gasteiger partial charge in [-0.25, -0.2) is 0 Å². The molecule has 86 valence electrons. The van der Waals surface area contributed by atoms with Gasteiger partial charge in [-0.1, -0.05) is 25.5 Å². The zero-order valence-electron chi connectivity index (χ0n) is 9.44. The van der Waals surface area contributed by atoms with Crippen LogP contribution >= 0.6 is 11.5 Å². The molecule has 0 saturated heterocycles. The first-order chi connectivity index (χ1) is 7.85. The van der Waals surface area contributed by atoms with Crippen LogP contribution in [0.15, 0.2) is 24.3 Å². The van der Waals surface area contributed by atoms with Crippen molar-refractivity contribution in [2.45, 2.75) is 25.8 Å². The zero-order valence-corrected chi connectivity index (χ0v) is 10.3. The second-order valence-electron chi connectivity index (χ2n) is 3.89. The molecule has 3 nitrogen and oxygen atoms in total. The first-order valence-corrected chi connectivity index (χ1v) is 6.43. The Morgan fingerprint density at radius 3 is 3.00 bits per heavy atom. The average molecular weight is 235 g/mol. The second kappa shape index (κ2) is 5.27. The van der Waals surface area contributed by atoms with Gasteiger partial charge >= 0.3 is 0 Å². The van der Waals surface area contributed by atoms with Crippen molar-refractivity contribution in [1.29, 1.82) is 0 Å². The van der Waals surface area contributed by atoms with Crippen LogP contribution in [0.5, 0.6) is 0 Å². The third-order valence-electron chi connectivity index (χ3n) is 2.64. The predicted octanol–water partition coefficient (Wildman–Crippen LogP) is 2.84. The molecule has 0 saturated carbocycles. The molecule has 1 aromatic heterocycles. The molecule has 1 heterocycles. The third kappa shape index (κ3) is 2.33. The molecule has 2 aromatic rings. The Kier molecular flexibility index (Phi) is 3.74. The smallest absolute Gasteiger partial charge is 0.117 e. The summed E-state index contributed by atoms with van der Waals surface area (Å²) in [5, 5.41) is 5.82. The van der Waals surface area contributed by atoms with E-state index >= 15 is 0 Å². The minimum absolute atomic E-state index is 0.355. The van der Waals surface area contributed by atoms with Crippen molar-refractivity contribution < 1.29 is 0 Å². The highest BCUT2D eigenvalue weighted by Crippen LogP contribution is 2.28. The van der Waals surface area contributed by atoms with Gasteiger partial charge in [0.2, 0.25) is 0 Å². The number of hydrogen-bond donors (Lipinski definition) is 2. The number of nitrogens with one attached hydrogen (secondary N) is 1. The quantitative estimate of drug-likeness (QED) is 0.838. The molecule has 3 N–H and O–H groups in total. The molecular formula is C12H17N3S. The van der Waals surface area contributed by atoms with Gasteiger partial charge in [0.05, 0.1) is 5.52 Å². The monoisotopic (exact) mass is 235 g/mol. The Morgan fingerprint density at radius 1 is 1.44 bits per heavy atom. The molecule has 0 aliphatic heterocycles. The lowest BCUT2D eigenvalue weighted by Crippen LogP contribution is -2.28. The number of aromatic nitrogens is 1. The van der Waals surface area contributed by atoms with E-state index in [2.05, 4.69) is 22.7 Å². The molecule has 0 aliphatic rings. The van der Waals surface area contributed by atoms with Gasteiger partial charge < -0.3 is 11.1 Å². The number of hydrogen-bond acceptors (Lipinski definition) is 4. The second-order valence-corrected chi connectivity index (χ2v) is 4.67. The number of rotatable bonds is 5. The summed E-state index contributed by atoms with van der Waals surface area (Å²) in [6, 6.07) is 8.54. The Morgan fingerprint density at radius 2 is 2.25 bits per heavy atom. The molecule has 0 aliphatic carbocycles. The molecule has 0 spiro atoms. The highest BCUT2D eigenvalue weighted by Gasteiger charge is 2.09. The van der Waals surface area contributed by atoms with E-state index in [4.69, 9.17) is 5.73 Å². The largest absolute Gasteiger partial charge is 0.371 e. The summed E-state index contributed by atoms with van der Waals surface area (Å²) in [6.07, 6.45) is 2.24. The maximum absolute atomic E-state index is 5.74. The van der Waals surface area contributed by atoms with Gasteiger partial charge in [-0.3, -0.25) is 0 Å². The molecule has 2 rings (SSSR count). The number of nitrogens with zero attached hydrogens (tertiary/aromatic N) is 1. The lowest BCUT2D eigenvalue weighted by molar-refractivity contribution is 0.650. The van der Waals surface area contributed by atoms with Crippen molar-refractivity contribution in [3.8, 4) is 0 Å². The standard InChI is InChI=1S/C12H17N3S/c1-2-5-9(8-13)14-12-10-6-3-4-7-11(10)15-16-12/h3-4,6-7,9,14H,2,5,8,13H2,1H3. The van der Waals surface area contributed by atoms with Crippen LogP contribution < -0.4 is 11.1 Å². The normalized spacial score (nSPS) is 12.9. The Hall–Kier alpha value is -1.13. The average Bonchev–Trinajstić information content (AvgIpc) is 2.72. The summed E-state index contributed by atoms with van der Waals surface area (Å²) >= 11 is 1.52. The summed E-state index contributed by atoms with van der Waals surface area (Å²) in [5.41, 5.74) is 6.80. The summed E-state index contributed by atoms with van der Waals surface area (Å²) in [4.78, 5) is 0. The fourth-order valence-corrected chi connectivity index (χ4v) is 2.62. The van der Waals surface area contributed by atoms with Crippen molar-refractivity contribution in [2.75, 3.05) is 11.9 Å². The van der Waals surface area contributed by atoms with Crippen molar-refractivity contribution in [3.63, 3.8) is 0 Å². The molecule has 0 radical (unpaired) electrons. The molecule has 16 heavy (non-hydrogen) atoms. The van der Waals surface area contributed by atoms with Gasteiger partial charge in [0, 0.05) is 18.0 Å². The number of anilines is 1. The van der Waals surface area contributed by atoms with E-state index in [1.54, 1.807) is 0 Å². The summed E-state index contributed by atoms with van der Waals surface area (Å²) in [5.74, 6) is 0. The molecule has 1 aromatic carbocycles. The third-order valence-corrected chi connectivity index (χ3v) is 3.45. The highest BCUT2D eigenvalue weighted by molar-refractivity contribution is 7.11. The topological polar surface area (TPSA) is 50.9 Å². The Bertz CT molecular complexity index is 452. The van der Waals surface area contributed by atoms with E-state index in [9.17, 15) is 0 Å². The highest BCUT2D eigenvalue weighted by atomic mass is 32.1. The Labute approximate surface area is 99.8 Å². The lowest BCUT2D eigenvalue weighted by Gasteiger charge is -2.15. The van der Waals surface area contributed by atoms with Crippen LogP contribution in [-0.4, -0.2) is 17.0 Å². The van der Waals surface area contributed by atoms with Gasteiger partial charge in [-0.2, -0.15) is 4.37 Å². The van der Waals surface area contributed by atoms with Gasteiger partial charge in [-0.05, 0) is 30.1 Å². The van der Waals surface area contributed by atoms with E-state index in [1.807, 2.05) is 18.2 Å². The van der Waals surface area contributed by atoms with Gasteiger partial charge in [0.15, 0.2) is 0 Å². The SMILES string of the molecule is CCCC(CN)Nc1snc2ccccc12. The van der Waals surface area contributed by atoms with Crippen LogP contribution in [0.4, 0.5) is 5.00 Å². The minimum Gasteiger partial charge on any atom is -0.371 e. The predicted molar refractivity (Wildman–Crippen MR) is 71.0 cm³/mol. The van der Waals surface area contributed by atoms with Crippen LogP contribution in [0.2, 0.25) is 0 Å². The van der Waals surface area contributed by atoms with Crippen molar-refractivity contribution in [3.05, 3.63) is 24.3 Å². The fourth-order valence-electron chi connectivity index (χ4n) is 1.78. The van der Waals surface area contributed by atoms with E-state index in [-0.39, 0.29) is 0 Å². The van der Waals surface area contributed by atoms with E-state index in [1.165, 1.54) is 16.9 Å². The molecule has 1 unspecified atom stereocenters. The van der Waals surface area contributed by atoms with Crippen LogP contribution in [0.1, 0.15) is 19.8 Å². The first-order valence-electron chi connectivity index (χ1n) is 5.66. The maximum atomic E-state index is 5.74. The van der Waals surface area contributed by atoms with Crippen LogP contribution in [0.3, 0.4) is 0 Å². The summed E-state index contributed by atoms with van der Waals surface area (Å²) in [7, 11) is 0. The number of benzene rings is 1. The van der Waals surface area contributed by atoms with E-state index in [0.717, 1.165) is 23.4 Å². The van der Waals surface area contributed by atoms with Crippen LogP contribution in [-0.2, 0) is 0 Å². The van der Waals surface area contributed by atoms with Crippen molar-refractivity contribution >= 4 is 27.4 Å². The molecular weight excluding hydrogens is 218 g/mol. The van der Waals surface area contributed by atoms with E-state index < -0.39 is 0 Å². The molecule has 1 atom stereocenters. The minimum atomic E-state index is 0.355. The van der Waals surface area contributed by atoms with Crippen LogP contribution in [0.25, 0.3) is 10.9 Å². The zero-order chi connectivity index (χ0) is 11.4. The summed E-state index contributed by atoms with van der Waals surface area (Å²) < 4.78 is 4.40. The lowest BCUT2D eigenvalue weighted by atomic mass is 10.1. The first kappa shape index (κ1) is 11.4. The van der Waals surface area contributed by atoms with Crippen molar-refractivity contribution in [2.24, 2.45) is 5.73 Å². The molecule has 0 fully saturated rings. The van der Waals surface area contributed by atoms with Crippen molar-refractivity contribution in [1.82, 2.24) is 4.37 Å². The van der Waals surface area contributed by atoms with Gasteiger partial charge in [0.1, 0.15) is 5.00 Å². The Balaban J connectivity index is 2.20. The fraction of sp³-hybridized carbons (Fsp3) is 0.417. The van der Waals surface area contributed by atoms with Gasteiger partial charge in [-0.15, -0.1) is 0 Å². The number of fused-ring (bicyclic) bond motifs is 1. The molecule has 4 heteroatoms. The van der Waals surface area contributed by atoms with Gasteiger partial charge in [0.25, 0.3) is 0 Å². The van der Waals surface area contributed by atoms with E-state index in [0.29, 0.717) is 12.6 Å². The van der Waals surface area contributed by atoms with Crippen LogP contribution in [0, 0.1) is 0 Å².